The minimum absolute atomic E-state index is 0.205. The first-order chi connectivity index (χ1) is 11.8. The van der Waals surface area contributed by atoms with Crippen LogP contribution in [0, 0.1) is 23.2 Å². The fourth-order valence-corrected chi connectivity index (χ4v) is 6.35. The molecule has 4 bridgehead atoms. The molecule has 7 nitrogen and oxygen atoms in total. The summed E-state index contributed by atoms with van der Waals surface area (Å²) in [5.74, 6) is 0.415. The Hall–Kier alpha value is -1.81. The monoisotopic (exact) mass is 347 g/mol. The molecule has 2 amide bonds. The molecule has 3 unspecified atom stereocenters. The van der Waals surface area contributed by atoms with Gasteiger partial charge in [0.15, 0.2) is 0 Å². The molecule has 1 saturated heterocycles. The van der Waals surface area contributed by atoms with E-state index in [0.717, 1.165) is 38.5 Å². The summed E-state index contributed by atoms with van der Waals surface area (Å²) in [4.78, 5) is 27.6. The Morgan fingerprint density at radius 2 is 1.92 bits per heavy atom. The summed E-state index contributed by atoms with van der Waals surface area (Å²) >= 11 is 0. The molecular formula is C18H25N3O4. The topological polar surface area (TPSA) is 105 Å². The van der Waals surface area contributed by atoms with Crippen LogP contribution in [0.1, 0.15) is 51.4 Å². The number of hydrogen-bond acceptors (Lipinski definition) is 4. The van der Waals surface area contributed by atoms with E-state index in [0.29, 0.717) is 31.2 Å². The van der Waals surface area contributed by atoms with Gasteiger partial charge in [-0.3, -0.25) is 9.69 Å². The molecule has 5 atom stereocenters. The van der Waals surface area contributed by atoms with Gasteiger partial charge in [0.25, 0.3) is 0 Å². The van der Waals surface area contributed by atoms with Crippen molar-refractivity contribution in [2.24, 2.45) is 11.8 Å². The largest absolute Gasteiger partial charge is 0.465 e. The number of nitrogens with zero attached hydrogens (tertiary/aromatic N) is 3. The Morgan fingerprint density at radius 3 is 2.48 bits per heavy atom. The Labute approximate surface area is 147 Å². The quantitative estimate of drug-likeness (QED) is 0.806. The van der Waals surface area contributed by atoms with Crippen molar-refractivity contribution in [2.45, 2.75) is 68.5 Å². The number of hydrogen-bond donors (Lipinski definition) is 2. The summed E-state index contributed by atoms with van der Waals surface area (Å²) in [6.07, 6.45) is 4.86. The third-order valence-corrected chi connectivity index (χ3v) is 6.82. The average molecular weight is 347 g/mol. The summed E-state index contributed by atoms with van der Waals surface area (Å²) in [6.45, 7) is 0.315. The first-order valence-electron chi connectivity index (χ1n) is 9.26. The number of carbonyl (C=O) groups excluding carboxylic acids is 1. The van der Waals surface area contributed by atoms with Gasteiger partial charge < -0.3 is 15.1 Å². The zero-order valence-corrected chi connectivity index (χ0v) is 14.4. The van der Waals surface area contributed by atoms with Crippen LogP contribution >= 0.6 is 0 Å². The van der Waals surface area contributed by atoms with Crippen LogP contribution in [0.25, 0.3) is 0 Å². The molecule has 0 radical (unpaired) electrons. The summed E-state index contributed by atoms with van der Waals surface area (Å²) < 4.78 is 0. The van der Waals surface area contributed by atoms with Crippen molar-refractivity contribution in [1.29, 1.82) is 5.26 Å². The second-order valence-corrected chi connectivity index (χ2v) is 8.65. The van der Waals surface area contributed by atoms with Gasteiger partial charge in [0.1, 0.15) is 12.6 Å². The predicted molar refractivity (Wildman–Crippen MR) is 87.4 cm³/mol. The van der Waals surface area contributed by atoms with Crippen LogP contribution in [0.3, 0.4) is 0 Å². The molecule has 4 aliphatic carbocycles. The Bertz CT molecular complexity index is 629. The van der Waals surface area contributed by atoms with Crippen molar-refractivity contribution in [3.8, 4) is 6.07 Å². The molecule has 2 N–H and O–H groups in total. The van der Waals surface area contributed by atoms with Gasteiger partial charge in [0, 0.05) is 6.54 Å². The lowest BCUT2D eigenvalue weighted by atomic mass is 9.50. The molecule has 0 aromatic carbocycles. The van der Waals surface area contributed by atoms with Crippen LogP contribution in [-0.2, 0) is 4.79 Å². The fourth-order valence-electron chi connectivity index (χ4n) is 6.35. The highest BCUT2D eigenvalue weighted by Crippen LogP contribution is 2.59. The molecule has 1 aliphatic heterocycles. The van der Waals surface area contributed by atoms with Gasteiger partial charge >= 0.3 is 6.09 Å². The number of rotatable bonds is 3. The maximum atomic E-state index is 12.7. The van der Waals surface area contributed by atoms with Gasteiger partial charge in [-0.15, -0.1) is 0 Å². The standard InChI is InChI=1S/C18H25N3O4/c19-9-14-2-1-3-20(14)15(22)10-21(16(23)24)17-5-12-4-13(6-17)8-18(25,7-12)11-17/h12-14,25H,1-8,10-11H2,(H,23,24)/t12-,13?,14-,17?,18?/m0/s1. The highest BCUT2D eigenvalue weighted by Gasteiger charge is 2.60. The number of nitriles is 1. The van der Waals surface area contributed by atoms with E-state index < -0.39 is 23.3 Å². The molecule has 5 rings (SSSR count). The van der Waals surface area contributed by atoms with Crippen molar-refractivity contribution in [3.05, 3.63) is 0 Å². The third-order valence-electron chi connectivity index (χ3n) is 6.82. The molecule has 0 spiro atoms. The first kappa shape index (κ1) is 16.6. The smallest absolute Gasteiger partial charge is 0.408 e. The summed E-state index contributed by atoms with van der Waals surface area (Å²) in [5, 5.41) is 29.9. The van der Waals surface area contributed by atoms with Crippen LogP contribution in [0.15, 0.2) is 0 Å². The SMILES string of the molecule is N#C[C@@H]1CCCN1C(=O)CN(C(=O)O)C12CC3C[C@H](CC(O)(C3)C1)C2. The highest BCUT2D eigenvalue weighted by molar-refractivity contribution is 5.83. The molecular weight excluding hydrogens is 322 g/mol. The van der Waals surface area contributed by atoms with Crippen molar-refractivity contribution in [3.63, 3.8) is 0 Å². The lowest BCUT2D eigenvalue weighted by Gasteiger charge is -2.62. The molecule has 5 fully saturated rings. The molecule has 0 aromatic rings. The molecule has 5 aliphatic rings. The molecule has 7 heteroatoms. The van der Waals surface area contributed by atoms with Gasteiger partial charge in [-0.2, -0.15) is 5.26 Å². The summed E-state index contributed by atoms with van der Waals surface area (Å²) in [5.41, 5.74) is -1.40. The van der Waals surface area contributed by atoms with Crippen LogP contribution in [0.2, 0.25) is 0 Å². The molecule has 1 heterocycles. The first-order valence-corrected chi connectivity index (χ1v) is 9.26. The third kappa shape index (κ3) is 2.67. The predicted octanol–water partition coefficient (Wildman–Crippen LogP) is 1.56. The maximum absolute atomic E-state index is 12.7. The van der Waals surface area contributed by atoms with Crippen molar-refractivity contribution >= 4 is 12.0 Å². The number of carbonyl (C=O) groups is 2. The van der Waals surface area contributed by atoms with Gasteiger partial charge in [0.2, 0.25) is 5.91 Å². The van der Waals surface area contributed by atoms with Crippen molar-refractivity contribution in [1.82, 2.24) is 9.80 Å². The van der Waals surface area contributed by atoms with E-state index in [4.69, 9.17) is 0 Å². The van der Waals surface area contributed by atoms with Gasteiger partial charge in [-0.1, -0.05) is 0 Å². The number of amides is 2. The van der Waals surface area contributed by atoms with Crippen molar-refractivity contribution in [2.75, 3.05) is 13.1 Å². The van der Waals surface area contributed by atoms with Crippen LogP contribution < -0.4 is 0 Å². The number of aliphatic hydroxyl groups is 1. The Morgan fingerprint density at radius 1 is 1.24 bits per heavy atom. The van der Waals surface area contributed by atoms with Crippen LogP contribution in [0.4, 0.5) is 4.79 Å². The molecule has 136 valence electrons. The van der Waals surface area contributed by atoms with E-state index in [9.17, 15) is 25.1 Å². The maximum Gasteiger partial charge on any atom is 0.408 e. The number of likely N-dealkylation sites (tertiary alicyclic amines) is 1. The van der Waals surface area contributed by atoms with E-state index >= 15 is 0 Å². The zero-order chi connectivity index (χ0) is 17.8. The second-order valence-electron chi connectivity index (χ2n) is 8.65. The van der Waals surface area contributed by atoms with E-state index in [2.05, 4.69) is 6.07 Å². The highest BCUT2D eigenvalue weighted by atomic mass is 16.4. The van der Waals surface area contributed by atoms with Gasteiger partial charge in [0.05, 0.1) is 17.2 Å². The fraction of sp³-hybridized carbons (Fsp3) is 0.833. The van der Waals surface area contributed by atoms with E-state index in [1.165, 1.54) is 9.80 Å². The zero-order valence-electron chi connectivity index (χ0n) is 14.4. The minimum Gasteiger partial charge on any atom is -0.465 e. The summed E-state index contributed by atoms with van der Waals surface area (Å²) in [7, 11) is 0. The van der Waals surface area contributed by atoms with E-state index in [-0.39, 0.29) is 12.5 Å². The Balaban J connectivity index is 1.57. The number of carboxylic acid groups (broad SMARTS) is 1. The lowest BCUT2D eigenvalue weighted by Crippen LogP contribution is -2.67. The second kappa shape index (κ2) is 5.60. The lowest BCUT2D eigenvalue weighted by molar-refractivity contribution is -0.172. The van der Waals surface area contributed by atoms with E-state index in [1.807, 2.05) is 0 Å². The normalized spacial score (nSPS) is 41.6. The van der Waals surface area contributed by atoms with E-state index in [1.54, 1.807) is 0 Å². The minimum atomic E-state index is -1.09. The van der Waals surface area contributed by atoms with Crippen LogP contribution in [0.5, 0.6) is 0 Å². The molecule has 25 heavy (non-hydrogen) atoms. The molecule has 4 saturated carbocycles. The van der Waals surface area contributed by atoms with Gasteiger partial charge in [-0.05, 0) is 63.2 Å². The van der Waals surface area contributed by atoms with Gasteiger partial charge in [-0.25, -0.2) is 4.79 Å². The summed E-state index contributed by atoms with van der Waals surface area (Å²) in [6, 6.07) is 1.70. The Kier molecular flexibility index (Phi) is 3.73. The van der Waals surface area contributed by atoms with Crippen LogP contribution in [-0.4, -0.2) is 62.3 Å². The average Bonchev–Trinajstić information content (AvgIpc) is 2.98. The molecule has 0 aromatic heterocycles. The van der Waals surface area contributed by atoms with Crippen molar-refractivity contribution < 1.29 is 19.8 Å².